The maximum Gasteiger partial charge on any atom is 0.315 e. The molecule has 25 heavy (non-hydrogen) atoms. The number of benzene rings is 1. The summed E-state index contributed by atoms with van der Waals surface area (Å²) in [4.78, 5) is 27.4. The zero-order valence-corrected chi connectivity index (χ0v) is 14.9. The number of hydrogen-bond donors (Lipinski definition) is 2. The first kappa shape index (κ1) is 17.8. The molecule has 136 valence electrons. The third-order valence-corrected chi connectivity index (χ3v) is 5.26. The average Bonchev–Trinajstić information content (AvgIpc) is 2.68. The van der Waals surface area contributed by atoms with E-state index in [0.717, 1.165) is 44.3 Å². The Morgan fingerprint density at radius 2 is 1.56 bits per heavy atom. The van der Waals surface area contributed by atoms with Gasteiger partial charge in [-0.25, -0.2) is 4.79 Å². The molecular weight excluding hydrogens is 314 g/mol. The van der Waals surface area contributed by atoms with Crippen LogP contribution >= 0.6 is 0 Å². The summed E-state index contributed by atoms with van der Waals surface area (Å²) < 4.78 is 0. The smallest absolute Gasteiger partial charge is 0.315 e. The van der Waals surface area contributed by atoms with Crippen molar-refractivity contribution in [3.8, 4) is 0 Å². The topological polar surface area (TPSA) is 61.4 Å². The number of nitrogens with one attached hydrogen (secondary N) is 2. The van der Waals surface area contributed by atoms with Crippen LogP contribution in [0.15, 0.2) is 30.3 Å². The van der Waals surface area contributed by atoms with Gasteiger partial charge in [0.2, 0.25) is 5.91 Å². The lowest BCUT2D eigenvalue weighted by Gasteiger charge is -2.31. The lowest BCUT2D eigenvalue weighted by molar-refractivity contribution is -0.134. The first-order valence-corrected chi connectivity index (χ1v) is 9.65. The molecule has 5 heteroatoms. The Labute approximate surface area is 150 Å². The molecular formula is C20H29N3O2. The molecule has 0 bridgehead atoms. The van der Waals surface area contributed by atoms with Crippen LogP contribution in [-0.4, -0.2) is 36.0 Å². The minimum Gasteiger partial charge on any atom is -0.341 e. The lowest BCUT2D eigenvalue weighted by Crippen LogP contribution is -2.49. The number of rotatable bonds is 4. The van der Waals surface area contributed by atoms with E-state index < -0.39 is 6.04 Å². The largest absolute Gasteiger partial charge is 0.341 e. The maximum absolute atomic E-state index is 13.0. The van der Waals surface area contributed by atoms with Crippen molar-refractivity contribution in [2.45, 2.75) is 63.5 Å². The fraction of sp³-hybridized carbons (Fsp3) is 0.600. The molecule has 1 heterocycles. The summed E-state index contributed by atoms with van der Waals surface area (Å²) in [6.07, 6.45) is 8.91. The van der Waals surface area contributed by atoms with Gasteiger partial charge in [-0.1, -0.05) is 49.6 Å². The fourth-order valence-corrected chi connectivity index (χ4v) is 3.84. The number of urea groups is 1. The Kier molecular flexibility index (Phi) is 6.31. The van der Waals surface area contributed by atoms with Crippen molar-refractivity contribution in [1.29, 1.82) is 0 Å². The van der Waals surface area contributed by atoms with E-state index in [1.807, 2.05) is 35.2 Å². The molecule has 5 nitrogen and oxygen atoms in total. The quantitative estimate of drug-likeness (QED) is 0.880. The van der Waals surface area contributed by atoms with Gasteiger partial charge >= 0.3 is 6.03 Å². The number of likely N-dealkylation sites (tertiary alicyclic amines) is 1. The Bertz CT molecular complexity index is 564. The van der Waals surface area contributed by atoms with Crippen LogP contribution < -0.4 is 10.6 Å². The molecule has 2 fully saturated rings. The number of amides is 3. The summed E-state index contributed by atoms with van der Waals surface area (Å²) in [5.74, 6) is 0.00435. The van der Waals surface area contributed by atoms with Crippen molar-refractivity contribution in [2.75, 3.05) is 13.1 Å². The molecule has 1 atom stereocenters. The normalized spacial score (nSPS) is 19.9. The zero-order chi connectivity index (χ0) is 17.5. The van der Waals surface area contributed by atoms with Crippen molar-refractivity contribution in [1.82, 2.24) is 15.5 Å². The molecule has 1 aliphatic heterocycles. The van der Waals surface area contributed by atoms with Crippen molar-refractivity contribution in [3.63, 3.8) is 0 Å². The SMILES string of the molecule is O=C(NC1CCCCC1)N[C@@H](C(=O)N1CCCCC1)c1ccccc1. The van der Waals surface area contributed by atoms with E-state index in [1.165, 1.54) is 25.7 Å². The van der Waals surface area contributed by atoms with E-state index in [2.05, 4.69) is 10.6 Å². The van der Waals surface area contributed by atoms with Gasteiger partial charge in [0, 0.05) is 19.1 Å². The molecule has 2 aliphatic rings. The Morgan fingerprint density at radius 3 is 2.24 bits per heavy atom. The van der Waals surface area contributed by atoms with Crippen LogP contribution in [0, 0.1) is 0 Å². The molecule has 0 aromatic heterocycles. The molecule has 1 aromatic carbocycles. The van der Waals surface area contributed by atoms with Crippen LogP contribution in [0.2, 0.25) is 0 Å². The zero-order valence-electron chi connectivity index (χ0n) is 14.9. The van der Waals surface area contributed by atoms with Gasteiger partial charge in [-0.15, -0.1) is 0 Å². The highest BCUT2D eigenvalue weighted by molar-refractivity contribution is 5.88. The summed E-state index contributed by atoms with van der Waals surface area (Å²) >= 11 is 0. The van der Waals surface area contributed by atoms with Crippen molar-refractivity contribution in [2.24, 2.45) is 0 Å². The van der Waals surface area contributed by atoms with E-state index in [-0.39, 0.29) is 18.0 Å². The van der Waals surface area contributed by atoms with Gasteiger partial charge in [-0.05, 0) is 37.7 Å². The second-order valence-electron chi connectivity index (χ2n) is 7.18. The second kappa shape index (κ2) is 8.88. The molecule has 0 spiro atoms. The van der Waals surface area contributed by atoms with Crippen molar-refractivity contribution < 1.29 is 9.59 Å². The lowest BCUT2D eigenvalue weighted by atomic mass is 9.96. The highest BCUT2D eigenvalue weighted by Gasteiger charge is 2.29. The predicted molar refractivity (Wildman–Crippen MR) is 98.2 cm³/mol. The van der Waals surface area contributed by atoms with Crippen LogP contribution in [0.1, 0.15) is 63.0 Å². The van der Waals surface area contributed by atoms with E-state index in [1.54, 1.807) is 0 Å². The van der Waals surface area contributed by atoms with Gasteiger partial charge in [0.15, 0.2) is 0 Å². The minimum absolute atomic E-state index is 0.00435. The van der Waals surface area contributed by atoms with Crippen molar-refractivity contribution in [3.05, 3.63) is 35.9 Å². The minimum atomic E-state index is -0.608. The van der Waals surface area contributed by atoms with Gasteiger partial charge in [-0.2, -0.15) is 0 Å². The summed E-state index contributed by atoms with van der Waals surface area (Å²) in [5.41, 5.74) is 0.844. The molecule has 3 amide bonds. The predicted octanol–water partition coefficient (Wildman–Crippen LogP) is 3.37. The third kappa shape index (κ3) is 4.97. The second-order valence-corrected chi connectivity index (χ2v) is 7.18. The Balaban J connectivity index is 1.67. The number of hydrogen-bond acceptors (Lipinski definition) is 2. The van der Waals surface area contributed by atoms with Crippen LogP contribution in [0.5, 0.6) is 0 Å². The molecule has 1 saturated carbocycles. The average molecular weight is 343 g/mol. The van der Waals surface area contributed by atoms with Gasteiger partial charge < -0.3 is 15.5 Å². The number of carbonyl (C=O) groups is 2. The first-order valence-electron chi connectivity index (χ1n) is 9.65. The highest BCUT2D eigenvalue weighted by Crippen LogP contribution is 2.20. The summed E-state index contributed by atoms with van der Waals surface area (Å²) in [6, 6.07) is 8.96. The van der Waals surface area contributed by atoms with Crippen LogP contribution in [0.25, 0.3) is 0 Å². The monoisotopic (exact) mass is 343 g/mol. The molecule has 0 unspecified atom stereocenters. The van der Waals surface area contributed by atoms with Gasteiger partial charge in [0.25, 0.3) is 0 Å². The molecule has 1 saturated heterocycles. The van der Waals surface area contributed by atoms with Crippen molar-refractivity contribution >= 4 is 11.9 Å². The first-order chi connectivity index (χ1) is 12.2. The summed E-state index contributed by atoms with van der Waals surface area (Å²) in [7, 11) is 0. The molecule has 1 aliphatic carbocycles. The Hall–Kier alpha value is -2.04. The van der Waals surface area contributed by atoms with Crippen LogP contribution in [0.4, 0.5) is 4.79 Å². The number of carbonyl (C=O) groups excluding carboxylic acids is 2. The maximum atomic E-state index is 13.0. The number of nitrogens with zero attached hydrogens (tertiary/aromatic N) is 1. The Morgan fingerprint density at radius 1 is 0.920 bits per heavy atom. The summed E-state index contributed by atoms with van der Waals surface area (Å²) in [6.45, 7) is 1.57. The van der Waals surface area contributed by atoms with Gasteiger partial charge in [0.05, 0.1) is 0 Å². The number of piperidine rings is 1. The standard InChI is InChI=1S/C20H29N3O2/c24-19(23-14-8-3-9-15-23)18(16-10-4-1-5-11-16)22-20(25)21-17-12-6-2-7-13-17/h1,4-5,10-11,17-18H,2-3,6-9,12-15H2,(H2,21,22,25)/t18-/m1/s1. The third-order valence-electron chi connectivity index (χ3n) is 5.26. The fourth-order valence-electron chi connectivity index (χ4n) is 3.84. The summed E-state index contributed by atoms with van der Waals surface area (Å²) in [5, 5.41) is 5.99. The molecule has 0 radical (unpaired) electrons. The van der Waals surface area contributed by atoms with E-state index in [4.69, 9.17) is 0 Å². The van der Waals surface area contributed by atoms with Gasteiger partial charge in [-0.3, -0.25) is 4.79 Å². The highest BCUT2D eigenvalue weighted by atomic mass is 16.2. The molecule has 1 aromatic rings. The van der Waals surface area contributed by atoms with Crippen LogP contribution in [0.3, 0.4) is 0 Å². The van der Waals surface area contributed by atoms with E-state index in [0.29, 0.717) is 0 Å². The van der Waals surface area contributed by atoms with E-state index >= 15 is 0 Å². The molecule has 3 rings (SSSR count). The van der Waals surface area contributed by atoms with Gasteiger partial charge in [0.1, 0.15) is 6.04 Å². The van der Waals surface area contributed by atoms with Crippen LogP contribution in [-0.2, 0) is 4.79 Å². The van der Waals surface area contributed by atoms with E-state index in [9.17, 15) is 9.59 Å². The molecule has 2 N–H and O–H groups in total.